The minimum absolute atomic E-state index is 0.00906. The van der Waals surface area contributed by atoms with E-state index in [0.29, 0.717) is 13.0 Å². The predicted octanol–water partition coefficient (Wildman–Crippen LogP) is 22.9. The van der Waals surface area contributed by atoms with Crippen LogP contribution in [0.3, 0.4) is 0 Å². The van der Waals surface area contributed by atoms with E-state index < -0.39 is 0 Å². The number of hydrogen-bond acceptors (Lipinski definition) is 2. The lowest BCUT2D eigenvalue weighted by Crippen LogP contribution is -2.27. The number of unbranched alkanes of at least 4 members (excludes halogenated alkanes) is 9. The molecule has 0 aliphatic heterocycles. The van der Waals surface area contributed by atoms with Crippen LogP contribution < -0.4 is 0 Å². The standard InChI is InChI=1S/C83H36O2/c1-2-3-4-5-6-7-8-9-10-14-20-85-22(84)18-15-19-81(21-16-12-11-13-17-21)82-77-69-61-51-41-33-25-23-24-27-31-29(25)37-45-39(31)49-43-35(27)36-28(24)32-30-26(23)34(33)42-48-38(30)46-40(32)50-44(36)54-53(43)63-57(49)67-59(45)65(55(61)47(37)41)73(77)75(67)79-71(63)72-64(54)58(50)68-60(46)66-56(48)62(52(42)51)70(69)78(82)74(66)76(68)80(72)83(79,81)82/h11-13,16-17H,2-10,14-15,18-20H2,1H3. The first-order valence-corrected chi connectivity index (χ1v) is 33.3. The summed E-state index contributed by atoms with van der Waals surface area (Å²) >= 11 is 0. The second kappa shape index (κ2) is 9.45. The summed E-state index contributed by atoms with van der Waals surface area (Å²) in [6, 6.07) is 12.3. The van der Waals surface area contributed by atoms with Crippen molar-refractivity contribution in [3.05, 3.63) is 58.1 Å². The highest BCUT2D eigenvalue weighted by atomic mass is 16.5. The molecule has 1 fully saturated rings. The first-order chi connectivity index (χ1) is 42.3. The predicted molar refractivity (Wildman–Crippen MR) is 359 cm³/mol. The van der Waals surface area contributed by atoms with Crippen LogP contribution in [0.4, 0.5) is 0 Å². The van der Waals surface area contributed by atoms with Crippen molar-refractivity contribution in [1.82, 2.24) is 0 Å². The molecule has 5 aliphatic rings. The largest absolute Gasteiger partial charge is 0.466 e. The zero-order valence-electron chi connectivity index (χ0n) is 46.1. The molecule has 380 valence electrons. The van der Waals surface area contributed by atoms with E-state index in [1.165, 1.54) is 56.9 Å². The van der Waals surface area contributed by atoms with Crippen molar-refractivity contribution in [2.75, 3.05) is 6.61 Å². The number of benzene rings is 19. The van der Waals surface area contributed by atoms with Gasteiger partial charge in [-0.3, -0.25) is 4.79 Å². The average Bonchev–Trinajstić information content (AvgIpc) is 1.36. The Morgan fingerprint density at radius 3 is 0.753 bits per heavy atom. The molecule has 0 saturated heterocycles. The Morgan fingerprint density at radius 1 is 0.282 bits per heavy atom. The molecule has 0 N–H and O–H groups in total. The van der Waals surface area contributed by atoms with Crippen molar-refractivity contribution in [2.45, 2.75) is 107 Å². The van der Waals surface area contributed by atoms with Crippen molar-refractivity contribution in [1.29, 1.82) is 0 Å². The smallest absolute Gasteiger partial charge is 0.305 e. The molecule has 29 aromatic carbocycles. The fourth-order valence-corrected chi connectivity index (χ4v) is 28.8. The van der Waals surface area contributed by atoms with Gasteiger partial charge in [0.2, 0.25) is 0 Å². The highest BCUT2D eigenvalue weighted by molar-refractivity contribution is 6.82. The van der Waals surface area contributed by atoms with Gasteiger partial charge in [-0.1, -0.05) is 95.0 Å². The van der Waals surface area contributed by atoms with E-state index in [9.17, 15) is 4.79 Å². The number of ether oxygens (including phenoxy) is 1. The van der Waals surface area contributed by atoms with Gasteiger partial charge in [0, 0.05) is 22.7 Å². The van der Waals surface area contributed by atoms with Crippen LogP contribution in [0.1, 0.15) is 118 Å². The number of esters is 1. The van der Waals surface area contributed by atoms with Crippen LogP contribution in [0, 0.1) is 0 Å². The summed E-state index contributed by atoms with van der Waals surface area (Å²) in [6.45, 7) is 2.85. The normalized spacial score (nSPS) is 22.1. The number of carbonyl (C=O) groups excluding carboxylic acids is 1. The van der Waals surface area contributed by atoms with E-state index in [-0.39, 0.29) is 22.2 Å². The fourth-order valence-electron chi connectivity index (χ4n) is 28.8. The van der Waals surface area contributed by atoms with Crippen LogP contribution in [0.15, 0.2) is 30.3 Å². The maximum atomic E-state index is 14.5. The molecule has 0 unspecified atom stereocenters. The van der Waals surface area contributed by atoms with Crippen LogP contribution in [0.5, 0.6) is 0 Å². The molecule has 0 heterocycles. The number of hydrogen-bond donors (Lipinski definition) is 0. The summed E-state index contributed by atoms with van der Waals surface area (Å²) in [5.41, 5.74) is 7.37. The Bertz CT molecular complexity index is 7190. The Balaban J connectivity index is 0.811. The van der Waals surface area contributed by atoms with Crippen LogP contribution >= 0.6 is 0 Å². The third-order valence-electron chi connectivity index (χ3n) is 29.5. The van der Waals surface area contributed by atoms with E-state index in [4.69, 9.17) is 4.74 Å². The molecule has 0 amide bonds. The minimum Gasteiger partial charge on any atom is -0.466 e. The monoisotopic (exact) mass is 1060 g/mol. The number of rotatable bonds is 16. The van der Waals surface area contributed by atoms with E-state index in [1.807, 2.05) is 0 Å². The second-order valence-electron chi connectivity index (χ2n) is 30.8. The molecule has 0 radical (unpaired) electrons. The van der Waals surface area contributed by atoms with E-state index in [2.05, 4.69) is 37.3 Å². The molecule has 0 aromatic heterocycles. The molecular weight excluding hydrogens is 1030 g/mol. The summed E-state index contributed by atoms with van der Waals surface area (Å²) in [6.07, 6.45) is 15.0. The topological polar surface area (TPSA) is 26.3 Å². The maximum Gasteiger partial charge on any atom is 0.305 e. The Hall–Kier alpha value is -8.85. The van der Waals surface area contributed by atoms with Crippen molar-refractivity contribution < 1.29 is 9.53 Å². The van der Waals surface area contributed by atoms with Gasteiger partial charge in [0.15, 0.2) is 0 Å². The van der Waals surface area contributed by atoms with E-state index in [0.717, 1.165) is 25.7 Å². The quantitative estimate of drug-likeness (QED) is 0.0548. The Kier molecular flexibility index (Phi) is 4.09. The lowest BCUT2D eigenvalue weighted by atomic mass is 9.68. The van der Waals surface area contributed by atoms with Gasteiger partial charge >= 0.3 is 5.97 Å². The highest BCUT2D eigenvalue weighted by Crippen LogP contribution is 2.97. The molecule has 5 aliphatic carbocycles. The van der Waals surface area contributed by atoms with Crippen molar-refractivity contribution in [3.8, 4) is 0 Å². The van der Waals surface area contributed by atoms with Gasteiger partial charge in [0.1, 0.15) is 0 Å². The van der Waals surface area contributed by atoms with Gasteiger partial charge in [-0.05, 0) is 338 Å². The first-order valence-electron chi connectivity index (χ1n) is 33.3. The molecule has 0 bridgehead atoms. The first kappa shape index (κ1) is 36.8. The summed E-state index contributed by atoms with van der Waals surface area (Å²) in [4.78, 5) is 14.5. The van der Waals surface area contributed by atoms with Crippen LogP contribution in [0.2, 0.25) is 0 Å². The average molecular weight is 1070 g/mol. The molecule has 1 saturated carbocycles. The van der Waals surface area contributed by atoms with Gasteiger partial charge in [-0.2, -0.15) is 0 Å². The summed E-state index contributed by atoms with van der Waals surface area (Å²) in [5.74, 6) is 0.00906. The molecule has 2 nitrogen and oxygen atoms in total. The maximum absolute atomic E-state index is 14.5. The zero-order valence-corrected chi connectivity index (χ0v) is 46.1. The lowest BCUT2D eigenvalue weighted by molar-refractivity contribution is -0.143. The second-order valence-corrected chi connectivity index (χ2v) is 30.8. The molecular formula is C83H36O2. The van der Waals surface area contributed by atoms with Crippen LogP contribution in [-0.2, 0) is 25.8 Å². The molecule has 85 heavy (non-hydrogen) atoms. The third-order valence-corrected chi connectivity index (χ3v) is 29.5. The summed E-state index contributed by atoms with van der Waals surface area (Å²) in [5, 5.41) is 88.9. The van der Waals surface area contributed by atoms with Gasteiger partial charge in [0.05, 0.1) is 6.61 Å². The molecule has 2 spiro atoms. The van der Waals surface area contributed by atoms with Crippen molar-refractivity contribution in [2.24, 2.45) is 0 Å². The minimum atomic E-state index is -0.355. The van der Waals surface area contributed by atoms with Crippen LogP contribution in [-0.4, -0.2) is 12.6 Å². The third kappa shape index (κ3) is 2.34. The summed E-state index contributed by atoms with van der Waals surface area (Å²) in [7, 11) is 0. The highest BCUT2D eigenvalue weighted by Gasteiger charge is 2.94. The van der Waals surface area contributed by atoms with Gasteiger partial charge in [-0.25, -0.2) is 0 Å². The lowest BCUT2D eigenvalue weighted by Gasteiger charge is -2.32. The molecule has 29 aromatic rings. The fraction of sp³-hybridized carbons (Fsp3) is 0.217. The number of carbonyl (C=O) groups is 1. The van der Waals surface area contributed by atoms with E-state index >= 15 is 0 Å². The van der Waals surface area contributed by atoms with E-state index in [1.54, 1.807) is 313 Å². The van der Waals surface area contributed by atoms with Gasteiger partial charge < -0.3 is 4.74 Å². The van der Waals surface area contributed by atoms with Crippen LogP contribution in [0.25, 0.3) is 291 Å². The Morgan fingerprint density at radius 2 is 0.506 bits per heavy atom. The van der Waals surface area contributed by atoms with Crippen molar-refractivity contribution in [3.63, 3.8) is 0 Å². The SMILES string of the molecule is CCCCCCCCCCCCOC(=O)CCCC1(c2ccccc2)C23c4c5c6c7c8c9c(c%10c%11c2c2c4c4c%12c5c5c6c6c8c8c%13c9c9c%10c%10c%11c%11c2c2c4c4c%12c%12c5c5c6c8c6c8c%13c9c9c%10c%10c%11c2c2c4c4c%12c5c6c5c8c9c%10c2c45)C713. The molecule has 34 rings (SSSR count). The van der Waals surface area contributed by atoms with Gasteiger partial charge in [0.25, 0.3) is 0 Å². The zero-order chi connectivity index (χ0) is 52.3. The van der Waals surface area contributed by atoms with Crippen molar-refractivity contribution >= 4 is 297 Å². The molecule has 0 atom stereocenters. The summed E-state index contributed by atoms with van der Waals surface area (Å²) < 4.78 is 6.33. The Labute approximate surface area is 474 Å². The molecule has 2 heteroatoms. The van der Waals surface area contributed by atoms with Gasteiger partial charge in [-0.15, -0.1) is 0 Å².